The number of rotatable bonds is 5. The minimum absolute atomic E-state index is 0.0549. The van der Waals surface area contributed by atoms with Gasteiger partial charge in [0.05, 0.1) is 6.61 Å². The van der Waals surface area contributed by atoms with Crippen LogP contribution in [0, 0.1) is 0 Å². The minimum Gasteiger partial charge on any atom is -0.424 e. The fourth-order valence-electron chi connectivity index (χ4n) is 1.43. The van der Waals surface area contributed by atoms with Crippen molar-refractivity contribution in [1.29, 1.82) is 0 Å². The van der Waals surface area contributed by atoms with E-state index in [1.54, 1.807) is 24.3 Å². The summed E-state index contributed by atoms with van der Waals surface area (Å²) >= 11 is 5.79. The van der Waals surface area contributed by atoms with Gasteiger partial charge in [-0.3, -0.25) is 0 Å². The molecule has 0 saturated heterocycles. The summed E-state index contributed by atoms with van der Waals surface area (Å²) < 4.78 is 5.49. The number of benzene rings is 1. The fourth-order valence-corrected chi connectivity index (χ4v) is 1.58. The van der Waals surface area contributed by atoms with Crippen LogP contribution in [-0.2, 0) is 6.61 Å². The van der Waals surface area contributed by atoms with Gasteiger partial charge in [0.1, 0.15) is 5.75 Å². The lowest BCUT2D eigenvalue weighted by molar-refractivity contribution is 0.281. The first kappa shape index (κ1) is 13.5. The van der Waals surface area contributed by atoms with E-state index in [0.717, 1.165) is 5.56 Å². The Hall–Kier alpha value is -1.92. The van der Waals surface area contributed by atoms with Crippen LogP contribution in [0.25, 0.3) is 0 Å². The van der Waals surface area contributed by atoms with Crippen LogP contribution >= 0.6 is 11.6 Å². The number of aliphatic hydroxyl groups excluding tert-OH is 1. The number of halogens is 1. The second-order valence-corrected chi connectivity index (χ2v) is 3.99. The maximum absolute atomic E-state index is 9.06. The van der Waals surface area contributed by atoms with E-state index in [1.807, 2.05) is 6.92 Å². The predicted molar refractivity (Wildman–Crippen MR) is 71.4 cm³/mol. The molecule has 7 heteroatoms. The highest BCUT2D eigenvalue weighted by atomic mass is 35.5. The molecule has 0 fully saturated rings. The number of aliphatic hydroxyl groups is 1. The molecule has 0 aliphatic rings. The Morgan fingerprint density at radius 1 is 1.32 bits per heavy atom. The zero-order chi connectivity index (χ0) is 13.7. The number of hydrogen-bond acceptors (Lipinski definition) is 6. The zero-order valence-electron chi connectivity index (χ0n) is 10.3. The summed E-state index contributed by atoms with van der Waals surface area (Å²) in [6.07, 6.45) is 0. The van der Waals surface area contributed by atoms with Gasteiger partial charge < -0.3 is 15.2 Å². The van der Waals surface area contributed by atoms with Gasteiger partial charge in [0.25, 0.3) is 0 Å². The van der Waals surface area contributed by atoms with Crippen molar-refractivity contribution in [3.05, 3.63) is 35.1 Å². The molecule has 0 spiro atoms. The van der Waals surface area contributed by atoms with Crippen molar-refractivity contribution >= 4 is 17.5 Å². The van der Waals surface area contributed by atoms with Crippen LogP contribution < -0.4 is 10.1 Å². The molecular weight excluding hydrogens is 268 g/mol. The monoisotopic (exact) mass is 280 g/mol. The normalized spacial score (nSPS) is 10.3. The third kappa shape index (κ3) is 3.77. The van der Waals surface area contributed by atoms with Crippen LogP contribution in [0.2, 0.25) is 5.28 Å². The van der Waals surface area contributed by atoms with Crippen LogP contribution in [0.15, 0.2) is 24.3 Å². The Balaban J connectivity index is 2.22. The molecule has 2 N–H and O–H groups in total. The molecule has 0 atom stereocenters. The molecule has 0 saturated carbocycles. The summed E-state index contributed by atoms with van der Waals surface area (Å²) in [6, 6.07) is 7.10. The minimum atomic E-state index is -0.0577. The lowest BCUT2D eigenvalue weighted by Gasteiger charge is -2.07. The summed E-state index contributed by atoms with van der Waals surface area (Å²) in [5.74, 6) is 0.882. The van der Waals surface area contributed by atoms with E-state index in [4.69, 9.17) is 21.4 Å². The number of nitrogens with zero attached hydrogens (tertiary/aromatic N) is 3. The molecule has 1 aromatic carbocycles. The average Bonchev–Trinajstić information content (AvgIpc) is 2.38. The van der Waals surface area contributed by atoms with Gasteiger partial charge in [-0.25, -0.2) is 0 Å². The van der Waals surface area contributed by atoms with Gasteiger partial charge in [-0.2, -0.15) is 15.0 Å². The van der Waals surface area contributed by atoms with E-state index in [2.05, 4.69) is 20.3 Å². The number of hydrogen-bond donors (Lipinski definition) is 2. The lowest BCUT2D eigenvalue weighted by Crippen LogP contribution is -2.04. The van der Waals surface area contributed by atoms with Crippen LogP contribution in [-0.4, -0.2) is 26.6 Å². The van der Waals surface area contributed by atoms with Gasteiger partial charge >= 0.3 is 6.01 Å². The van der Waals surface area contributed by atoms with Crippen molar-refractivity contribution in [3.63, 3.8) is 0 Å². The van der Waals surface area contributed by atoms with Crippen molar-refractivity contribution in [2.75, 3.05) is 11.9 Å². The standard InChI is InChI=1S/C12H13ClN4O2/c1-2-14-11-15-10(13)16-12(17-11)19-9-5-3-4-8(6-9)7-18/h3-6,18H,2,7H2,1H3,(H,14,15,16,17). The van der Waals surface area contributed by atoms with Gasteiger partial charge in [0.15, 0.2) is 0 Å². The highest BCUT2D eigenvalue weighted by molar-refractivity contribution is 6.28. The molecule has 0 radical (unpaired) electrons. The fraction of sp³-hybridized carbons (Fsp3) is 0.250. The Morgan fingerprint density at radius 3 is 2.89 bits per heavy atom. The van der Waals surface area contributed by atoms with Crippen molar-refractivity contribution < 1.29 is 9.84 Å². The zero-order valence-corrected chi connectivity index (χ0v) is 11.1. The van der Waals surface area contributed by atoms with Crippen molar-refractivity contribution in [2.24, 2.45) is 0 Å². The predicted octanol–water partition coefficient (Wildman–Crippen LogP) is 2.24. The first-order valence-corrected chi connectivity index (χ1v) is 6.12. The SMILES string of the molecule is CCNc1nc(Cl)nc(Oc2cccc(CO)c2)n1. The first-order chi connectivity index (χ1) is 9.21. The second-order valence-electron chi connectivity index (χ2n) is 3.65. The number of aromatic nitrogens is 3. The highest BCUT2D eigenvalue weighted by Crippen LogP contribution is 2.21. The summed E-state index contributed by atoms with van der Waals surface area (Å²) in [5, 5.41) is 12.0. The number of ether oxygens (including phenoxy) is 1. The van der Waals surface area contributed by atoms with Gasteiger partial charge in [0, 0.05) is 6.54 Å². The quantitative estimate of drug-likeness (QED) is 0.874. The van der Waals surface area contributed by atoms with Crippen molar-refractivity contribution in [1.82, 2.24) is 15.0 Å². The maximum Gasteiger partial charge on any atom is 0.328 e. The van der Waals surface area contributed by atoms with E-state index >= 15 is 0 Å². The third-order valence-electron chi connectivity index (χ3n) is 2.21. The van der Waals surface area contributed by atoms with Crippen molar-refractivity contribution in [3.8, 4) is 11.8 Å². The number of anilines is 1. The molecule has 19 heavy (non-hydrogen) atoms. The Bertz CT molecular complexity index is 565. The van der Waals surface area contributed by atoms with Gasteiger partial charge in [-0.05, 0) is 36.2 Å². The molecule has 0 amide bonds. The van der Waals surface area contributed by atoms with Gasteiger partial charge in [-0.1, -0.05) is 12.1 Å². The molecular formula is C12H13ClN4O2. The first-order valence-electron chi connectivity index (χ1n) is 5.74. The topological polar surface area (TPSA) is 80.2 Å². The molecule has 0 unspecified atom stereocenters. The van der Waals surface area contributed by atoms with Gasteiger partial charge in [-0.15, -0.1) is 0 Å². The summed E-state index contributed by atoms with van der Waals surface area (Å²) in [7, 11) is 0. The number of nitrogens with one attached hydrogen (secondary N) is 1. The lowest BCUT2D eigenvalue weighted by atomic mass is 10.2. The molecule has 1 aromatic heterocycles. The molecule has 0 aliphatic carbocycles. The molecule has 0 aliphatic heterocycles. The summed E-state index contributed by atoms with van der Waals surface area (Å²) in [5.41, 5.74) is 0.740. The van der Waals surface area contributed by atoms with E-state index in [9.17, 15) is 0 Å². The summed E-state index contributed by atoms with van der Waals surface area (Å²) in [6.45, 7) is 2.53. The highest BCUT2D eigenvalue weighted by Gasteiger charge is 2.07. The van der Waals surface area contributed by atoms with E-state index in [1.165, 1.54) is 0 Å². The van der Waals surface area contributed by atoms with E-state index in [-0.39, 0.29) is 17.9 Å². The van der Waals surface area contributed by atoms with Crippen LogP contribution in [0.4, 0.5) is 5.95 Å². The summed E-state index contributed by atoms with van der Waals surface area (Å²) in [4.78, 5) is 11.9. The van der Waals surface area contributed by atoms with Crippen molar-refractivity contribution in [2.45, 2.75) is 13.5 Å². The molecule has 1 heterocycles. The third-order valence-corrected chi connectivity index (χ3v) is 2.38. The maximum atomic E-state index is 9.06. The van der Waals surface area contributed by atoms with E-state index in [0.29, 0.717) is 18.2 Å². The molecule has 2 rings (SSSR count). The molecule has 100 valence electrons. The van der Waals surface area contributed by atoms with Crippen LogP contribution in [0.5, 0.6) is 11.8 Å². The average molecular weight is 281 g/mol. The Kier molecular flexibility index (Phi) is 4.48. The Morgan fingerprint density at radius 2 is 2.16 bits per heavy atom. The van der Waals surface area contributed by atoms with E-state index < -0.39 is 0 Å². The molecule has 2 aromatic rings. The molecule has 6 nitrogen and oxygen atoms in total. The largest absolute Gasteiger partial charge is 0.424 e. The smallest absolute Gasteiger partial charge is 0.328 e. The van der Waals surface area contributed by atoms with Gasteiger partial charge in [0.2, 0.25) is 11.2 Å². The Labute approximate surface area is 115 Å². The van der Waals surface area contributed by atoms with Crippen LogP contribution in [0.3, 0.4) is 0 Å². The second kappa shape index (κ2) is 6.31. The molecule has 0 bridgehead atoms. The van der Waals surface area contributed by atoms with Crippen LogP contribution in [0.1, 0.15) is 12.5 Å².